The fourth-order valence-corrected chi connectivity index (χ4v) is 5.05. The van der Waals surface area contributed by atoms with Crippen LogP contribution in [0.15, 0.2) is 36.4 Å². The molecule has 1 amide bonds. The van der Waals surface area contributed by atoms with E-state index in [1.807, 2.05) is 0 Å². The number of nitrogens with zero attached hydrogens (tertiary/aromatic N) is 1. The highest BCUT2D eigenvalue weighted by Crippen LogP contribution is 2.45. The Balaban J connectivity index is 1.34. The zero-order chi connectivity index (χ0) is 22.2. The first-order valence-electron chi connectivity index (χ1n) is 11.3. The average Bonchev–Trinajstić information content (AvgIpc) is 3.38. The molecular weight excluding hydrogens is 415 g/mol. The van der Waals surface area contributed by atoms with Crippen molar-refractivity contribution in [1.29, 1.82) is 0 Å². The molecule has 2 heterocycles. The molecule has 2 aromatic carbocycles. The van der Waals surface area contributed by atoms with Crippen molar-refractivity contribution in [2.75, 3.05) is 19.6 Å². The van der Waals surface area contributed by atoms with Crippen LogP contribution in [0.5, 0.6) is 0 Å². The highest BCUT2D eigenvalue weighted by Gasteiger charge is 2.35. The molecule has 7 heteroatoms. The lowest BCUT2D eigenvalue weighted by atomic mass is 9.74. The van der Waals surface area contributed by atoms with E-state index in [1.54, 1.807) is 12.1 Å². The second-order valence-electron chi connectivity index (χ2n) is 8.96. The second kappa shape index (κ2) is 8.62. The van der Waals surface area contributed by atoms with Gasteiger partial charge in [0.15, 0.2) is 0 Å². The summed E-state index contributed by atoms with van der Waals surface area (Å²) < 4.78 is 41.9. The Morgan fingerprint density at radius 2 is 1.75 bits per heavy atom. The molecule has 1 saturated heterocycles. The number of hydrogen-bond acceptors (Lipinski definition) is 2. The number of nitrogens with one attached hydrogen (secondary N) is 2. The van der Waals surface area contributed by atoms with Gasteiger partial charge in [0.1, 0.15) is 17.5 Å². The van der Waals surface area contributed by atoms with E-state index >= 15 is 0 Å². The Morgan fingerprint density at radius 3 is 2.47 bits per heavy atom. The Morgan fingerprint density at radius 1 is 1.03 bits per heavy atom. The minimum absolute atomic E-state index is 0.0499. The van der Waals surface area contributed by atoms with Gasteiger partial charge in [-0.25, -0.2) is 13.2 Å². The minimum Gasteiger partial charge on any atom is -0.353 e. The lowest BCUT2D eigenvalue weighted by molar-refractivity contribution is -0.122. The summed E-state index contributed by atoms with van der Waals surface area (Å²) in [5, 5.41) is 3.60. The number of amides is 1. The van der Waals surface area contributed by atoms with Gasteiger partial charge in [0.25, 0.3) is 0 Å². The third-order valence-electron chi connectivity index (χ3n) is 6.76. The lowest BCUT2D eigenvalue weighted by Crippen LogP contribution is -2.44. The smallest absolute Gasteiger partial charge is 0.221 e. The number of benzene rings is 2. The molecule has 1 aliphatic heterocycles. The van der Waals surface area contributed by atoms with Gasteiger partial charge in [-0.2, -0.15) is 0 Å². The number of hydrogen-bond donors (Lipinski definition) is 2. The number of aromatic amines is 1. The van der Waals surface area contributed by atoms with Crippen LogP contribution >= 0.6 is 0 Å². The first-order valence-corrected chi connectivity index (χ1v) is 11.3. The first-order chi connectivity index (χ1) is 15.5. The van der Waals surface area contributed by atoms with Gasteiger partial charge < -0.3 is 15.2 Å². The molecule has 5 rings (SSSR count). The Labute approximate surface area is 184 Å². The number of carbonyl (C=O) groups is 1. The van der Waals surface area contributed by atoms with Crippen LogP contribution in [0.3, 0.4) is 0 Å². The fourth-order valence-electron chi connectivity index (χ4n) is 5.05. The van der Waals surface area contributed by atoms with E-state index in [-0.39, 0.29) is 29.2 Å². The topological polar surface area (TPSA) is 48.1 Å². The summed E-state index contributed by atoms with van der Waals surface area (Å²) in [6, 6.07) is 8.23. The zero-order valence-corrected chi connectivity index (χ0v) is 17.8. The first kappa shape index (κ1) is 21.1. The van der Waals surface area contributed by atoms with Gasteiger partial charge in [0.2, 0.25) is 5.91 Å². The molecule has 0 atom stereocenters. The number of carbonyl (C=O) groups excluding carboxylic acids is 1. The molecule has 0 radical (unpaired) electrons. The van der Waals surface area contributed by atoms with Crippen molar-refractivity contribution in [3.63, 3.8) is 0 Å². The Bertz CT molecular complexity index is 1130. The van der Waals surface area contributed by atoms with Gasteiger partial charge in [-0.05, 0) is 86.1 Å². The maximum atomic E-state index is 14.5. The molecule has 1 aromatic heterocycles. The maximum Gasteiger partial charge on any atom is 0.221 e. The third kappa shape index (κ3) is 4.13. The highest BCUT2D eigenvalue weighted by atomic mass is 19.1. The molecule has 168 valence electrons. The molecule has 0 bridgehead atoms. The van der Waals surface area contributed by atoms with E-state index in [1.165, 1.54) is 31.0 Å². The minimum atomic E-state index is -0.652. The normalized spacial score (nSPS) is 21.1. The number of rotatable bonds is 6. The van der Waals surface area contributed by atoms with Gasteiger partial charge in [0, 0.05) is 30.5 Å². The number of likely N-dealkylation sites (tertiary alicyclic amines) is 1. The summed E-state index contributed by atoms with van der Waals surface area (Å²) in [5.41, 5.74) is 2.47. The largest absolute Gasteiger partial charge is 0.353 e. The van der Waals surface area contributed by atoms with Crippen molar-refractivity contribution in [3.05, 3.63) is 59.4 Å². The second-order valence-corrected chi connectivity index (χ2v) is 8.96. The SMILES string of the molecule is O=C(CCN1CCCC1)N[C@H]1C[C@@H](c2c(-c3ccc(F)cc3)[nH]c3c(F)cc(F)cc32)C1. The van der Waals surface area contributed by atoms with Gasteiger partial charge in [-0.1, -0.05) is 0 Å². The molecule has 1 aliphatic carbocycles. The van der Waals surface area contributed by atoms with Crippen LogP contribution in [0, 0.1) is 17.5 Å². The number of aromatic nitrogens is 1. The predicted molar refractivity (Wildman–Crippen MR) is 118 cm³/mol. The van der Waals surface area contributed by atoms with Crippen LogP contribution < -0.4 is 5.32 Å². The molecule has 0 spiro atoms. The molecular formula is C25H26F3N3O. The van der Waals surface area contributed by atoms with Crippen molar-refractivity contribution in [1.82, 2.24) is 15.2 Å². The van der Waals surface area contributed by atoms with Crippen LogP contribution in [0.1, 0.15) is 43.6 Å². The molecule has 2 N–H and O–H groups in total. The van der Waals surface area contributed by atoms with Crippen LogP contribution in [0.25, 0.3) is 22.2 Å². The van der Waals surface area contributed by atoms with Gasteiger partial charge in [-0.3, -0.25) is 4.79 Å². The number of H-pyrrole nitrogens is 1. The van der Waals surface area contributed by atoms with E-state index in [9.17, 15) is 18.0 Å². The monoisotopic (exact) mass is 441 g/mol. The summed E-state index contributed by atoms with van der Waals surface area (Å²) in [7, 11) is 0. The van der Waals surface area contributed by atoms with E-state index < -0.39 is 11.6 Å². The lowest BCUT2D eigenvalue weighted by Gasteiger charge is -2.36. The van der Waals surface area contributed by atoms with Crippen molar-refractivity contribution in [2.45, 2.75) is 44.1 Å². The molecule has 0 unspecified atom stereocenters. The van der Waals surface area contributed by atoms with Crippen LogP contribution in [-0.4, -0.2) is 41.5 Å². The summed E-state index contributed by atoms with van der Waals surface area (Å²) in [4.78, 5) is 17.7. The van der Waals surface area contributed by atoms with Crippen molar-refractivity contribution < 1.29 is 18.0 Å². The average molecular weight is 441 g/mol. The van der Waals surface area contributed by atoms with E-state index in [2.05, 4.69) is 15.2 Å². The van der Waals surface area contributed by atoms with E-state index in [0.29, 0.717) is 30.3 Å². The third-order valence-corrected chi connectivity index (χ3v) is 6.76. The molecule has 2 aliphatic rings. The van der Waals surface area contributed by atoms with Gasteiger partial charge in [0.05, 0.1) is 11.2 Å². The quantitative estimate of drug-likeness (QED) is 0.559. The Hall–Kier alpha value is -2.80. The number of halogens is 3. The maximum absolute atomic E-state index is 14.5. The van der Waals surface area contributed by atoms with Crippen LogP contribution in [0.4, 0.5) is 13.2 Å². The van der Waals surface area contributed by atoms with E-state index in [4.69, 9.17) is 0 Å². The zero-order valence-electron chi connectivity index (χ0n) is 17.8. The summed E-state index contributed by atoms with van der Waals surface area (Å²) in [6.07, 6.45) is 4.30. The fraction of sp³-hybridized carbons (Fsp3) is 0.400. The van der Waals surface area contributed by atoms with Crippen molar-refractivity contribution in [3.8, 4) is 11.3 Å². The molecule has 3 aromatic rings. The van der Waals surface area contributed by atoms with E-state index in [0.717, 1.165) is 36.8 Å². The molecule has 4 nitrogen and oxygen atoms in total. The Kier molecular flexibility index (Phi) is 5.67. The molecule has 2 fully saturated rings. The molecule has 1 saturated carbocycles. The summed E-state index contributed by atoms with van der Waals surface area (Å²) in [6.45, 7) is 2.93. The summed E-state index contributed by atoms with van der Waals surface area (Å²) >= 11 is 0. The standard InChI is InChI=1S/C25H26F3N3O/c26-17-5-3-15(4-6-17)24-23(20-13-18(27)14-21(28)25(20)30-24)16-11-19(12-16)29-22(32)7-10-31-8-1-2-9-31/h3-6,13-14,16,19,30H,1-2,7-12H2,(H,29,32)/t16-,19+. The van der Waals surface area contributed by atoms with Crippen molar-refractivity contribution in [2.24, 2.45) is 0 Å². The van der Waals surface area contributed by atoms with Crippen LogP contribution in [-0.2, 0) is 4.79 Å². The summed E-state index contributed by atoms with van der Waals surface area (Å²) in [5.74, 6) is -1.54. The van der Waals surface area contributed by atoms with Gasteiger partial charge >= 0.3 is 0 Å². The van der Waals surface area contributed by atoms with Crippen molar-refractivity contribution >= 4 is 16.8 Å². The predicted octanol–water partition coefficient (Wildman–Crippen LogP) is 5.10. The molecule has 32 heavy (non-hydrogen) atoms. The number of fused-ring (bicyclic) bond motifs is 1. The highest BCUT2D eigenvalue weighted by molar-refractivity contribution is 5.92. The van der Waals surface area contributed by atoms with Gasteiger partial charge in [-0.15, -0.1) is 0 Å². The van der Waals surface area contributed by atoms with Crippen LogP contribution in [0.2, 0.25) is 0 Å².